The van der Waals surface area contributed by atoms with Gasteiger partial charge in [-0.1, -0.05) is 11.6 Å². The third kappa shape index (κ3) is 2.27. The van der Waals surface area contributed by atoms with Crippen LogP contribution in [0.3, 0.4) is 0 Å². The summed E-state index contributed by atoms with van der Waals surface area (Å²) in [6.07, 6.45) is 1.96. The molecular formula is C14H20BClN2O2. The van der Waals surface area contributed by atoms with Gasteiger partial charge in [-0.05, 0) is 58.2 Å². The number of hydrogen-bond acceptors (Lipinski definition) is 4. The molecule has 2 aliphatic rings. The molecule has 0 aromatic carbocycles. The lowest BCUT2D eigenvalue weighted by Gasteiger charge is -2.32. The number of rotatable bonds is 2. The molecule has 2 heterocycles. The summed E-state index contributed by atoms with van der Waals surface area (Å²) < 4.78 is 12.0. The van der Waals surface area contributed by atoms with Crippen LogP contribution in [-0.2, 0) is 14.8 Å². The van der Waals surface area contributed by atoms with E-state index in [4.69, 9.17) is 26.6 Å². The van der Waals surface area contributed by atoms with Gasteiger partial charge in [-0.3, -0.25) is 0 Å². The van der Waals surface area contributed by atoms with Gasteiger partial charge in [0.05, 0.1) is 16.8 Å². The van der Waals surface area contributed by atoms with Crippen molar-refractivity contribution in [3.05, 3.63) is 22.8 Å². The molecule has 20 heavy (non-hydrogen) atoms. The van der Waals surface area contributed by atoms with Crippen LogP contribution >= 0.6 is 11.6 Å². The third-order valence-electron chi connectivity index (χ3n) is 4.67. The first-order valence-corrected chi connectivity index (χ1v) is 7.33. The minimum atomic E-state index is -0.500. The van der Waals surface area contributed by atoms with Gasteiger partial charge in [0.25, 0.3) is 0 Å². The van der Waals surface area contributed by atoms with E-state index in [0.717, 1.165) is 18.4 Å². The van der Waals surface area contributed by atoms with Gasteiger partial charge in [0.15, 0.2) is 0 Å². The maximum Gasteiger partial charge on any atom is 0.514 e. The van der Waals surface area contributed by atoms with Gasteiger partial charge in [0.2, 0.25) is 0 Å². The molecule has 6 heteroatoms. The Morgan fingerprint density at radius 2 is 1.70 bits per heavy atom. The van der Waals surface area contributed by atoms with Crippen LogP contribution in [0.4, 0.5) is 0 Å². The SMILES string of the molecule is CC1(C)OB(c2cc(C3(N)CC3)cc(Cl)n2)OC1(C)C. The molecule has 0 bridgehead atoms. The van der Waals surface area contributed by atoms with E-state index in [1.165, 1.54) is 0 Å². The average Bonchev–Trinajstić information content (AvgIpc) is 3.01. The summed E-state index contributed by atoms with van der Waals surface area (Å²) in [4.78, 5) is 4.35. The van der Waals surface area contributed by atoms with E-state index in [2.05, 4.69) is 4.98 Å². The van der Waals surface area contributed by atoms with E-state index in [1.807, 2.05) is 39.8 Å². The minimum absolute atomic E-state index is 0.245. The monoisotopic (exact) mass is 294 g/mol. The van der Waals surface area contributed by atoms with Crippen LogP contribution < -0.4 is 11.3 Å². The first-order chi connectivity index (χ1) is 9.13. The maximum atomic E-state index is 6.24. The number of hydrogen-bond donors (Lipinski definition) is 1. The van der Waals surface area contributed by atoms with Crippen molar-refractivity contribution in [2.45, 2.75) is 57.3 Å². The Labute approximate surface area is 125 Å². The summed E-state index contributed by atoms with van der Waals surface area (Å²) in [6, 6.07) is 3.80. The van der Waals surface area contributed by atoms with E-state index in [-0.39, 0.29) is 16.7 Å². The van der Waals surface area contributed by atoms with Gasteiger partial charge in [0, 0.05) is 5.54 Å². The highest BCUT2D eigenvalue weighted by Crippen LogP contribution is 2.43. The van der Waals surface area contributed by atoms with Crippen LogP contribution in [0.1, 0.15) is 46.1 Å². The summed E-state index contributed by atoms with van der Waals surface area (Å²) in [5.74, 6) is 0. The Bertz CT molecular complexity index is 542. The molecule has 3 rings (SSSR count). The summed E-state index contributed by atoms with van der Waals surface area (Å²) in [5, 5.41) is 0.434. The molecular weight excluding hydrogens is 274 g/mol. The van der Waals surface area contributed by atoms with Gasteiger partial charge < -0.3 is 15.0 Å². The lowest BCUT2D eigenvalue weighted by Crippen LogP contribution is -2.41. The largest absolute Gasteiger partial charge is 0.514 e. The standard InChI is InChI=1S/C14H20BClN2O2/c1-12(2)13(3,4)20-15(19-12)10-7-9(8-11(16)18-10)14(17)5-6-14/h7-8H,5-6,17H2,1-4H3. The highest BCUT2D eigenvalue weighted by molar-refractivity contribution is 6.61. The van der Waals surface area contributed by atoms with E-state index < -0.39 is 7.12 Å². The average molecular weight is 295 g/mol. The molecule has 0 spiro atoms. The lowest BCUT2D eigenvalue weighted by atomic mass is 9.82. The Kier molecular flexibility index (Phi) is 3.01. The number of nitrogens with two attached hydrogens (primary N) is 1. The molecule has 1 aliphatic heterocycles. The van der Waals surface area contributed by atoms with Gasteiger partial charge in [-0.25, -0.2) is 4.98 Å². The van der Waals surface area contributed by atoms with Crippen molar-refractivity contribution in [3.8, 4) is 0 Å². The van der Waals surface area contributed by atoms with Crippen molar-refractivity contribution >= 4 is 24.3 Å². The van der Waals surface area contributed by atoms with Crippen molar-refractivity contribution < 1.29 is 9.31 Å². The number of nitrogens with zero attached hydrogens (tertiary/aromatic N) is 1. The summed E-state index contributed by atoms with van der Waals surface area (Å²) >= 11 is 6.13. The molecule has 4 nitrogen and oxygen atoms in total. The van der Waals surface area contributed by atoms with Crippen LogP contribution in [-0.4, -0.2) is 23.3 Å². The molecule has 1 saturated heterocycles. The van der Waals surface area contributed by atoms with Crippen LogP contribution in [0.15, 0.2) is 12.1 Å². The third-order valence-corrected chi connectivity index (χ3v) is 4.87. The molecule has 2 N–H and O–H groups in total. The normalized spacial score (nSPS) is 25.8. The molecule has 2 fully saturated rings. The maximum absolute atomic E-state index is 6.24. The second kappa shape index (κ2) is 4.20. The molecule has 0 radical (unpaired) electrons. The van der Waals surface area contributed by atoms with Gasteiger partial charge in [-0.2, -0.15) is 0 Å². The Morgan fingerprint density at radius 1 is 1.15 bits per heavy atom. The van der Waals surface area contributed by atoms with Gasteiger partial charge in [0.1, 0.15) is 5.15 Å². The first-order valence-electron chi connectivity index (χ1n) is 6.96. The molecule has 1 saturated carbocycles. The van der Waals surface area contributed by atoms with Gasteiger partial charge >= 0.3 is 7.12 Å². The quantitative estimate of drug-likeness (QED) is 0.669. The van der Waals surface area contributed by atoms with Crippen molar-refractivity contribution in [2.24, 2.45) is 5.73 Å². The number of halogens is 1. The molecule has 0 amide bonds. The summed E-state index contributed by atoms with van der Waals surface area (Å²) in [7, 11) is -0.500. The van der Waals surface area contributed by atoms with Crippen molar-refractivity contribution in [3.63, 3.8) is 0 Å². The zero-order valence-corrected chi connectivity index (χ0v) is 13.1. The zero-order valence-electron chi connectivity index (χ0n) is 12.4. The predicted molar refractivity (Wildman–Crippen MR) is 80.1 cm³/mol. The Hall–Kier alpha value is -0.615. The predicted octanol–water partition coefficient (Wildman–Crippen LogP) is 1.98. The molecule has 1 aromatic rings. The fourth-order valence-electron chi connectivity index (χ4n) is 2.31. The molecule has 1 aromatic heterocycles. The topological polar surface area (TPSA) is 57.4 Å². The zero-order chi connectivity index (χ0) is 14.8. The second-order valence-electron chi connectivity index (χ2n) is 6.85. The van der Waals surface area contributed by atoms with E-state index in [9.17, 15) is 0 Å². The van der Waals surface area contributed by atoms with Crippen molar-refractivity contribution in [2.75, 3.05) is 0 Å². The lowest BCUT2D eigenvalue weighted by molar-refractivity contribution is 0.00578. The van der Waals surface area contributed by atoms with E-state index in [0.29, 0.717) is 10.7 Å². The summed E-state index contributed by atoms with van der Waals surface area (Å²) in [6.45, 7) is 8.07. The molecule has 0 unspecified atom stereocenters. The minimum Gasteiger partial charge on any atom is -0.398 e. The van der Waals surface area contributed by atoms with Crippen molar-refractivity contribution in [1.29, 1.82) is 0 Å². The second-order valence-corrected chi connectivity index (χ2v) is 7.24. The fraction of sp³-hybridized carbons (Fsp3) is 0.643. The van der Waals surface area contributed by atoms with E-state index in [1.54, 1.807) is 0 Å². The molecule has 0 atom stereocenters. The van der Waals surface area contributed by atoms with Crippen LogP contribution in [0.2, 0.25) is 5.15 Å². The number of pyridine rings is 1. The van der Waals surface area contributed by atoms with Gasteiger partial charge in [-0.15, -0.1) is 0 Å². The molecule has 108 valence electrons. The van der Waals surface area contributed by atoms with Crippen LogP contribution in [0, 0.1) is 0 Å². The number of aromatic nitrogens is 1. The Balaban J connectivity index is 1.94. The summed E-state index contributed by atoms with van der Waals surface area (Å²) in [5.41, 5.74) is 6.94. The van der Waals surface area contributed by atoms with Crippen LogP contribution in [0.25, 0.3) is 0 Å². The highest BCUT2D eigenvalue weighted by atomic mass is 35.5. The van der Waals surface area contributed by atoms with Crippen LogP contribution in [0.5, 0.6) is 0 Å². The molecule has 1 aliphatic carbocycles. The van der Waals surface area contributed by atoms with Crippen molar-refractivity contribution in [1.82, 2.24) is 4.98 Å². The fourth-order valence-corrected chi connectivity index (χ4v) is 2.53. The Morgan fingerprint density at radius 3 is 2.20 bits per heavy atom. The first kappa shape index (κ1) is 14.3. The highest BCUT2D eigenvalue weighted by Gasteiger charge is 2.53. The van der Waals surface area contributed by atoms with E-state index >= 15 is 0 Å². The smallest absolute Gasteiger partial charge is 0.398 e.